The van der Waals surface area contributed by atoms with Gasteiger partial charge in [-0.25, -0.2) is 14.5 Å². The minimum Gasteiger partial charge on any atom is -0.298 e. The van der Waals surface area contributed by atoms with Gasteiger partial charge < -0.3 is 0 Å². The molecule has 1 amide bonds. The Morgan fingerprint density at radius 2 is 1.90 bits per heavy atom. The fourth-order valence-corrected chi connectivity index (χ4v) is 3.66. The summed E-state index contributed by atoms with van der Waals surface area (Å²) in [6, 6.07) is 6.58. The summed E-state index contributed by atoms with van der Waals surface area (Å²) in [7, 11) is 0. The molecule has 1 N–H and O–H groups in total. The molecule has 4 aromatic rings. The lowest BCUT2D eigenvalue weighted by molar-refractivity contribution is -0.137. The molecule has 0 aliphatic rings. The Morgan fingerprint density at radius 3 is 2.59 bits per heavy atom. The fourth-order valence-electron chi connectivity index (χ4n) is 2.85. The molecule has 3 heterocycles. The van der Waals surface area contributed by atoms with Gasteiger partial charge in [-0.15, -0.1) is 11.3 Å². The normalized spacial score (nSPS) is 11.8. The zero-order valence-electron chi connectivity index (χ0n) is 15.3. The van der Waals surface area contributed by atoms with E-state index in [1.807, 2.05) is 13.8 Å². The number of hydrogen-bond donors (Lipinski definition) is 1. The van der Waals surface area contributed by atoms with Gasteiger partial charge in [0.15, 0.2) is 10.8 Å². The van der Waals surface area contributed by atoms with E-state index in [4.69, 9.17) is 0 Å². The van der Waals surface area contributed by atoms with E-state index < -0.39 is 17.6 Å². The predicted molar refractivity (Wildman–Crippen MR) is 103 cm³/mol. The molecule has 29 heavy (non-hydrogen) atoms. The Labute approximate surface area is 167 Å². The number of fused-ring (bicyclic) bond motifs is 1. The molecule has 0 atom stereocenters. The highest BCUT2D eigenvalue weighted by Gasteiger charge is 2.35. The fraction of sp³-hybridized carbons (Fsp3) is 0.158. The van der Waals surface area contributed by atoms with Crippen LogP contribution < -0.4 is 5.32 Å². The van der Waals surface area contributed by atoms with E-state index in [9.17, 15) is 18.0 Å². The van der Waals surface area contributed by atoms with Crippen LogP contribution in [0, 0.1) is 13.8 Å². The third-order valence-electron chi connectivity index (χ3n) is 4.36. The summed E-state index contributed by atoms with van der Waals surface area (Å²) in [5.41, 5.74) is -0.0633. The highest BCUT2D eigenvalue weighted by molar-refractivity contribution is 7.15. The summed E-state index contributed by atoms with van der Waals surface area (Å²) in [5, 5.41) is 7.04. The van der Waals surface area contributed by atoms with Crippen LogP contribution in [0.15, 0.2) is 42.7 Å². The molecule has 3 aromatic heterocycles. The number of halogens is 3. The van der Waals surface area contributed by atoms with Gasteiger partial charge in [-0.05, 0) is 19.9 Å². The standard InChI is InChI=1S/C19H14F3N5OS/c1-10-11(2)29-18(24-10)26-17(28)13-9-27-15(7-8-23-27)25-16(13)12-5-3-4-6-14(12)19(20,21)22/h3-9H,1-2H3,(H,24,26,28). The van der Waals surface area contributed by atoms with E-state index in [2.05, 4.69) is 20.4 Å². The van der Waals surface area contributed by atoms with Crippen molar-refractivity contribution in [1.29, 1.82) is 0 Å². The average molecular weight is 417 g/mol. The molecule has 0 saturated heterocycles. The average Bonchev–Trinajstić information content (AvgIpc) is 3.25. The molecule has 0 aliphatic heterocycles. The summed E-state index contributed by atoms with van der Waals surface area (Å²) in [4.78, 5) is 22.4. The second-order valence-electron chi connectivity index (χ2n) is 6.30. The summed E-state index contributed by atoms with van der Waals surface area (Å²) in [5.74, 6) is -0.615. The topological polar surface area (TPSA) is 72.2 Å². The van der Waals surface area contributed by atoms with Gasteiger partial charge in [0.25, 0.3) is 5.91 Å². The Kier molecular flexibility index (Phi) is 4.58. The summed E-state index contributed by atoms with van der Waals surface area (Å²) < 4.78 is 42.0. The maximum Gasteiger partial charge on any atom is 0.417 e. The number of nitrogens with one attached hydrogen (secondary N) is 1. The lowest BCUT2D eigenvalue weighted by Gasteiger charge is -2.15. The Hall–Kier alpha value is -3.27. The van der Waals surface area contributed by atoms with Crippen LogP contribution in [0.4, 0.5) is 18.3 Å². The van der Waals surface area contributed by atoms with E-state index in [0.29, 0.717) is 10.8 Å². The van der Waals surface area contributed by atoms with E-state index in [-0.39, 0.29) is 16.8 Å². The first-order valence-corrected chi connectivity index (χ1v) is 9.32. The van der Waals surface area contributed by atoms with Crippen molar-refractivity contribution in [3.8, 4) is 11.3 Å². The van der Waals surface area contributed by atoms with Crippen molar-refractivity contribution in [2.75, 3.05) is 5.32 Å². The molecule has 0 unspecified atom stereocenters. The number of carbonyl (C=O) groups is 1. The zero-order chi connectivity index (χ0) is 20.8. The Morgan fingerprint density at radius 1 is 1.14 bits per heavy atom. The molecule has 0 bridgehead atoms. The van der Waals surface area contributed by atoms with Gasteiger partial charge in [0.2, 0.25) is 0 Å². The van der Waals surface area contributed by atoms with Crippen molar-refractivity contribution in [2.45, 2.75) is 20.0 Å². The maximum atomic E-state index is 13.6. The monoisotopic (exact) mass is 417 g/mol. The minimum absolute atomic E-state index is 0.0385. The molecule has 0 saturated carbocycles. The van der Waals surface area contributed by atoms with Gasteiger partial charge in [-0.1, -0.05) is 18.2 Å². The SMILES string of the molecule is Cc1nc(NC(=O)c2cn3nccc3nc2-c2ccccc2C(F)(F)F)sc1C. The third kappa shape index (κ3) is 3.58. The first-order chi connectivity index (χ1) is 13.7. The zero-order valence-corrected chi connectivity index (χ0v) is 16.1. The quantitative estimate of drug-likeness (QED) is 0.523. The number of rotatable bonds is 3. The van der Waals surface area contributed by atoms with Gasteiger partial charge in [0, 0.05) is 22.7 Å². The first kappa shape index (κ1) is 19.1. The number of alkyl halides is 3. The first-order valence-electron chi connectivity index (χ1n) is 8.50. The third-order valence-corrected chi connectivity index (χ3v) is 5.35. The van der Waals surface area contributed by atoms with Gasteiger partial charge in [0.05, 0.1) is 28.7 Å². The van der Waals surface area contributed by atoms with Crippen LogP contribution in [0.2, 0.25) is 0 Å². The van der Waals surface area contributed by atoms with Gasteiger partial charge in [-0.3, -0.25) is 10.1 Å². The molecule has 0 aliphatic carbocycles. The maximum absolute atomic E-state index is 13.6. The lowest BCUT2D eigenvalue weighted by Crippen LogP contribution is -2.16. The van der Waals surface area contributed by atoms with E-state index in [1.54, 1.807) is 6.07 Å². The number of aromatic nitrogens is 4. The smallest absolute Gasteiger partial charge is 0.298 e. The number of benzene rings is 1. The van der Waals surface area contributed by atoms with Crippen LogP contribution in [0.3, 0.4) is 0 Å². The van der Waals surface area contributed by atoms with Crippen LogP contribution in [-0.4, -0.2) is 25.5 Å². The van der Waals surface area contributed by atoms with Crippen molar-refractivity contribution < 1.29 is 18.0 Å². The van der Waals surface area contributed by atoms with Crippen molar-refractivity contribution in [3.63, 3.8) is 0 Å². The van der Waals surface area contributed by atoms with Crippen LogP contribution in [0.25, 0.3) is 16.9 Å². The molecular weight excluding hydrogens is 403 g/mol. The molecule has 6 nitrogen and oxygen atoms in total. The second kappa shape index (κ2) is 6.96. The van der Waals surface area contributed by atoms with Gasteiger partial charge in [0.1, 0.15) is 0 Å². The van der Waals surface area contributed by atoms with Crippen molar-refractivity contribution in [1.82, 2.24) is 19.6 Å². The molecule has 4 rings (SSSR count). The lowest BCUT2D eigenvalue weighted by atomic mass is 10.0. The number of anilines is 1. The summed E-state index contributed by atoms with van der Waals surface area (Å²) in [6.45, 7) is 3.68. The minimum atomic E-state index is -4.60. The Balaban J connectivity index is 1.87. The number of nitrogens with zero attached hydrogens (tertiary/aromatic N) is 4. The number of thiazole rings is 1. The van der Waals surface area contributed by atoms with E-state index in [1.165, 1.54) is 46.4 Å². The van der Waals surface area contributed by atoms with Gasteiger partial charge in [-0.2, -0.15) is 18.3 Å². The number of carbonyl (C=O) groups excluding carboxylic acids is 1. The predicted octanol–water partition coefficient (Wildman–Crippen LogP) is 4.74. The van der Waals surface area contributed by atoms with Crippen LogP contribution >= 0.6 is 11.3 Å². The van der Waals surface area contributed by atoms with Crippen molar-refractivity contribution in [2.24, 2.45) is 0 Å². The van der Waals surface area contributed by atoms with Crippen molar-refractivity contribution in [3.05, 3.63) is 64.4 Å². The summed E-state index contributed by atoms with van der Waals surface area (Å²) in [6.07, 6.45) is -1.77. The van der Waals surface area contributed by atoms with E-state index in [0.717, 1.165) is 16.6 Å². The highest BCUT2D eigenvalue weighted by Crippen LogP contribution is 2.37. The van der Waals surface area contributed by atoms with E-state index >= 15 is 0 Å². The number of aryl methyl sites for hydroxylation is 2. The highest BCUT2D eigenvalue weighted by atomic mass is 32.1. The Bertz CT molecular complexity index is 1210. The number of hydrogen-bond acceptors (Lipinski definition) is 5. The number of amides is 1. The molecule has 0 spiro atoms. The molecule has 10 heteroatoms. The van der Waals surface area contributed by atoms with Crippen LogP contribution in [-0.2, 0) is 6.18 Å². The second-order valence-corrected chi connectivity index (χ2v) is 7.50. The van der Waals surface area contributed by atoms with Gasteiger partial charge >= 0.3 is 6.18 Å². The molecule has 0 fully saturated rings. The summed E-state index contributed by atoms with van der Waals surface area (Å²) >= 11 is 1.29. The molecule has 0 radical (unpaired) electrons. The molecular formula is C19H14F3N5OS. The largest absolute Gasteiger partial charge is 0.417 e. The van der Waals surface area contributed by atoms with Crippen LogP contribution in [0.1, 0.15) is 26.5 Å². The molecule has 1 aromatic carbocycles. The van der Waals surface area contributed by atoms with Crippen LogP contribution in [0.5, 0.6) is 0 Å². The van der Waals surface area contributed by atoms with Crippen molar-refractivity contribution >= 4 is 28.0 Å². The molecule has 148 valence electrons.